The third-order valence-corrected chi connectivity index (χ3v) is 10.2. The zero-order valence-corrected chi connectivity index (χ0v) is 26.3. The predicted molar refractivity (Wildman–Crippen MR) is 172 cm³/mol. The topological polar surface area (TPSA) is 126 Å². The van der Waals surface area contributed by atoms with Crippen LogP contribution in [0.1, 0.15) is 55.1 Å². The molecular weight excluding hydrogens is 572 g/mol. The van der Waals surface area contributed by atoms with E-state index in [-0.39, 0.29) is 11.9 Å². The zero-order valence-electron chi connectivity index (χ0n) is 26.3. The van der Waals surface area contributed by atoms with Gasteiger partial charge in [0.25, 0.3) is 5.91 Å². The van der Waals surface area contributed by atoms with E-state index in [1.165, 1.54) is 4.90 Å². The Hall–Kier alpha value is -3.97. The summed E-state index contributed by atoms with van der Waals surface area (Å²) in [6, 6.07) is 7.28. The van der Waals surface area contributed by atoms with E-state index in [9.17, 15) is 9.59 Å². The number of piperidine rings is 1. The van der Waals surface area contributed by atoms with Crippen LogP contribution in [0.3, 0.4) is 0 Å². The molecule has 0 atom stereocenters. The first-order valence-electron chi connectivity index (χ1n) is 16.4. The van der Waals surface area contributed by atoms with Crippen LogP contribution < -0.4 is 10.2 Å². The summed E-state index contributed by atoms with van der Waals surface area (Å²) in [4.78, 5) is 48.8. The van der Waals surface area contributed by atoms with Crippen LogP contribution in [0, 0.1) is 0 Å². The highest BCUT2D eigenvalue weighted by Crippen LogP contribution is 2.35. The summed E-state index contributed by atoms with van der Waals surface area (Å²) in [5.74, 6) is 1.14. The molecule has 13 heteroatoms. The number of likely N-dealkylation sites (tertiary alicyclic amines) is 2. The molecule has 6 heterocycles. The maximum absolute atomic E-state index is 13.0. The summed E-state index contributed by atoms with van der Waals surface area (Å²) in [6.45, 7) is 7.42. The number of carbonyl (C=O) groups excluding carboxylic acids is 1. The number of nitrogens with one attached hydrogen (secondary N) is 1. The molecule has 4 aliphatic rings. The number of pyridine rings is 1. The Morgan fingerprint density at radius 2 is 1.58 bits per heavy atom. The fraction of sp³-hybridized carbons (Fsp3) is 0.594. The largest absolute Gasteiger partial charge is 0.465 e. The van der Waals surface area contributed by atoms with Gasteiger partial charge in [-0.3, -0.25) is 14.6 Å². The summed E-state index contributed by atoms with van der Waals surface area (Å²) in [5.41, 5.74) is 2.57. The number of nitrogens with zero attached hydrogens (tertiary/aromatic N) is 9. The molecule has 13 nitrogen and oxygen atoms in total. The van der Waals surface area contributed by atoms with E-state index in [4.69, 9.17) is 10.1 Å². The summed E-state index contributed by atoms with van der Waals surface area (Å²) in [7, 11) is 3.57. The second kappa shape index (κ2) is 12.4. The van der Waals surface area contributed by atoms with Crippen molar-refractivity contribution in [1.29, 1.82) is 0 Å². The van der Waals surface area contributed by atoms with Crippen LogP contribution in [-0.4, -0.2) is 135 Å². The predicted octanol–water partition coefficient (Wildman–Crippen LogP) is 3.34. The molecule has 2 N–H and O–H groups in total. The molecule has 0 aromatic carbocycles. The fourth-order valence-electron chi connectivity index (χ4n) is 7.56. The fourth-order valence-corrected chi connectivity index (χ4v) is 7.56. The van der Waals surface area contributed by atoms with Crippen molar-refractivity contribution in [3.63, 3.8) is 0 Å². The lowest BCUT2D eigenvalue weighted by Crippen LogP contribution is -2.63. The number of anilines is 3. The molecule has 0 spiro atoms. The van der Waals surface area contributed by atoms with Crippen LogP contribution in [0.5, 0.6) is 0 Å². The van der Waals surface area contributed by atoms with E-state index in [0.717, 1.165) is 94.5 Å². The number of rotatable bonds is 7. The van der Waals surface area contributed by atoms with E-state index < -0.39 is 6.09 Å². The van der Waals surface area contributed by atoms with E-state index in [1.54, 1.807) is 25.2 Å². The summed E-state index contributed by atoms with van der Waals surface area (Å²) in [5, 5.41) is 13.3. The lowest BCUT2D eigenvalue weighted by molar-refractivity contribution is 0.00977. The molecule has 3 aliphatic heterocycles. The Morgan fingerprint density at radius 1 is 0.867 bits per heavy atom. The SMILES string of the molecule is CN(C)C(=O)c1cc2cnc(Nc3ccc(N4CCN(C5CCN(C6CN(C(=O)O)C6)CC5)CC4)cn3)nc2n1C1CCCC1. The number of hydrogen-bond acceptors (Lipinski definition) is 9. The summed E-state index contributed by atoms with van der Waals surface area (Å²) >= 11 is 0. The number of carboxylic acid groups (broad SMARTS) is 1. The van der Waals surface area contributed by atoms with Crippen LogP contribution >= 0.6 is 0 Å². The van der Waals surface area contributed by atoms with Gasteiger partial charge in [0.15, 0.2) is 0 Å². The Bertz CT molecular complexity index is 1510. The van der Waals surface area contributed by atoms with Gasteiger partial charge in [-0.25, -0.2) is 14.8 Å². The average molecular weight is 617 g/mol. The minimum atomic E-state index is -0.800. The standard InChI is InChI=1S/C32H44N10O3/c1-37(2)30(43)27-17-22-18-34-31(36-29(22)42(27)24-5-3-4-6-24)35-28-8-7-25(19-33-28)40-15-13-39(14-16-40)23-9-11-38(12-10-23)26-20-41(21-26)32(44)45/h7-8,17-19,23-24,26H,3-6,9-16,20-21H2,1-2H3,(H,44,45)(H,33,34,35,36). The molecule has 3 aromatic rings. The van der Waals surface area contributed by atoms with Crippen LogP contribution in [-0.2, 0) is 0 Å². The Labute approximate surface area is 263 Å². The lowest BCUT2D eigenvalue weighted by atomic mass is 9.98. The molecule has 2 amide bonds. The maximum atomic E-state index is 13.0. The third kappa shape index (κ3) is 6.02. The van der Waals surface area contributed by atoms with Crippen LogP contribution in [0.2, 0.25) is 0 Å². The highest BCUT2D eigenvalue weighted by molar-refractivity contribution is 5.97. The van der Waals surface area contributed by atoms with E-state index in [2.05, 4.69) is 40.6 Å². The molecule has 1 aliphatic carbocycles. The molecule has 45 heavy (non-hydrogen) atoms. The number of hydrogen-bond donors (Lipinski definition) is 2. The van der Waals surface area contributed by atoms with Gasteiger partial charge in [-0.2, -0.15) is 4.98 Å². The van der Waals surface area contributed by atoms with Crippen molar-refractivity contribution in [3.05, 3.63) is 36.3 Å². The lowest BCUT2D eigenvalue weighted by Gasteiger charge is -2.48. The van der Waals surface area contributed by atoms with E-state index in [1.807, 2.05) is 18.3 Å². The van der Waals surface area contributed by atoms with Gasteiger partial charge in [-0.15, -0.1) is 0 Å². The molecule has 3 saturated heterocycles. The molecule has 0 unspecified atom stereocenters. The van der Waals surface area contributed by atoms with Gasteiger partial charge in [-0.1, -0.05) is 12.8 Å². The van der Waals surface area contributed by atoms with Gasteiger partial charge >= 0.3 is 6.09 Å². The smallest absolute Gasteiger partial charge is 0.407 e. The number of fused-ring (bicyclic) bond motifs is 1. The van der Waals surface area contributed by atoms with Crippen molar-refractivity contribution in [3.8, 4) is 0 Å². The highest BCUT2D eigenvalue weighted by Gasteiger charge is 2.37. The van der Waals surface area contributed by atoms with Gasteiger partial charge in [0.05, 0.1) is 11.9 Å². The van der Waals surface area contributed by atoms with Gasteiger partial charge < -0.3 is 29.7 Å². The first-order chi connectivity index (χ1) is 21.8. The third-order valence-electron chi connectivity index (χ3n) is 10.2. The normalized spacial score (nSPS) is 20.9. The number of aromatic nitrogens is 4. The van der Waals surface area contributed by atoms with Gasteiger partial charge in [-0.05, 0) is 43.9 Å². The molecule has 0 bridgehead atoms. The minimum absolute atomic E-state index is 0.0161. The van der Waals surface area contributed by atoms with Crippen LogP contribution in [0.25, 0.3) is 11.0 Å². The molecule has 7 rings (SSSR count). The van der Waals surface area contributed by atoms with Gasteiger partial charge in [0, 0.05) is 96.2 Å². The highest BCUT2D eigenvalue weighted by atomic mass is 16.4. The second-order valence-electron chi connectivity index (χ2n) is 13.2. The van der Waals surface area contributed by atoms with Crippen LogP contribution in [0.15, 0.2) is 30.6 Å². The van der Waals surface area contributed by atoms with Crippen LogP contribution in [0.4, 0.5) is 22.2 Å². The molecule has 3 aromatic heterocycles. The summed E-state index contributed by atoms with van der Waals surface area (Å²) < 4.78 is 2.13. The van der Waals surface area contributed by atoms with Crippen molar-refractivity contribution in [2.75, 3.05) is 76.7 Å². The number of carbonyl (C=O) groups is 2. The van der Waals surface area contributed by atoms with Gasteiger partial charge in [0.1, 0.15) is 17.2 Å². The molecule has 1 saturated carbocycles. The first-order valence-corrected chi connectivity index (χ1v) is 16.4. The molecular formula is C32H44N10O3. The van der Waals surface area contributed by atoms with Crippen molar-refractivity contribution >= 4 is 40.5 Å². The Balaban J connectivity index is 0.944. The maximum Gasteiger partial charge on any atom is 0.407 e. The minimum Gasteiger partial charge on any atom is -0.465 e. The van der Waals surface area contributed by atoms with E-state index >= 15 is 0 Å². The first kappa shape index (κ1) is 29.7. The van der Waals surface area contributed by atoms with E-state index in [0.29, 0.717) is 42.6 Å². The monoisotopic (exact) mass is 616 g/mol. The molecule has 4 fully saturated rings. The zero-order chi connectivity index (χ0) is 31.1. The van der Waals surface area contributed by atoms with Gasteiger partial charge in [0.2, 0.25) is 5.95 Å². The Morgan fingerprint density at radius 3 is 2.22 bits per heavy atom. The summed E-state index contributed by atoms with van der Waals surface area (Å²) in [6.07, 6.45) is 9.65. The average Bonchev–Trinajstić information content (AvgIpc) is 3.68. The number of amides is 2. The van der Waals surface area contributed by atoms with Crippen molar-refractivity contribution in [1.82, 2.24) is 39.1 Å². The quantitative estimate of drug-likeness (QED) is 0.408. The van der Waals surface area contributed by atoms with Crippen molar-refractivity contribution < 1.29 is 14.7 Å². The Kier molecular flexibility index (Phi) is 8.21. The van der Waals surface area contributed by atoms with Crippen molar-refractivity contribution in [2.24, 2.45) is 0 Å². The second-order valence-corrected chi connectivity index (χ2v) is 13.2. The van der Waals surface area contributed by atoms with Crippen molar-refractivity contribution in [2.45, 2.75) is 56.7 Å². The molecule has 0 radical (unpaired) electrons. The number of piperazine rings is 1. The molecule has 240 valence electrons.